The van der Waals surface area contributed by atoms with E-state index < -0.39 is 0 Å². The molecule has 1 N–H and O–H groups in total. The molecule has 4 nitrogen and oxygen atoms in total. The lowest BCUT2D eigenvalue weighted by Crippen LogP contribution is -2.12. The van der Waals surface area contributed by atoms with Crippen LogP contribution in [-0.4, -0.2) is 21.4 Å². The summed E-state index contributed by atoms with van der Waals surface area (Å²) in [5.74, 6) is 1.62. The summed E-state index contributed by atoms with van der Waals surface area (Å²) in [6.45, 7) is 0. The predicted octanol–water partition coefficient (Wildman–Crippen LogP) is 2.74. The van der Waals surface area contributed by atoms with Gasteiger partial charge in [0, 0.05) is 10.9 Å². The second-order valence-corrected chi connectivity index (χ2v) is 5.84. The minimum absolute atomic E-state index is 0.336. The molecular weight excluding hydrogens is 308 g/mol. The molecule has 0 amide bonds. The first-order valence-electron chi connectivity index (χ1n) is 6.45. The number of aliphatic hydroxyl groups is 1. The van der Waals surface area contributed by atoms with E-state index in [2.05, 4.69) is 26.1 Å². The Morgan fingerprint density at radius 3 is 2.89 bits per heavy atom. The van der Waals surface area contributed by atoms with Crippen molar-refractivity contribution in [2.75, 3.05) is 0 Å². The first kappa shape index (κ1) is 12.8. The van der Waals surface area contributed by atoms with Crippen molar-refractivity contribution in [2.24, 2.45) is 5.92 Å². The minimum atomic E-state index is -0.336. The number of halogens is 1. The average molecular weight is 323 g/mol. The molecule has 2 aromatic rings. The Bertz CT molecular complexity index is 566. The lowest BCUT2D eigenvalue weighted by molar-refractivity contribution is 0.140. The summed E-state index contributed by atoms with van der Waals surface area (Å²) >= 11 is 3.50. The fourth-order valence-corrected chi connectivity index (χ4v) is 2.51. The highest BCUT2D eigenvalue weighted by atomic mass is 79.9. The van der Waals surface area contributed by atoms with Crippen LogP contribution in [0.5, 0.6) is 0 Å². The third-order valence-corrected chi connectivity index (χ3v) is 4.14. The summed E-state index contributed by atoms with van der Waals surface area (Å²) in [6.07, 6.45) is 2.98. The van der Waals surface area contributed by atoms with Crippen LogP contribution in [0.4, 0.5) is 0 Å². The molecule has 1 heterocycles. The average Bonchev–Trinajstić information content (AvgIpc) is 3.16. The van der Waals surface area contributed by atoms with Gasteiger partial charge in [0.25, 0.3) is 0 Å². The van der Waals surface area contributed by atoms with Gasteiger partial charge in [-0.25, -0.2) is 0 Å². The third-order valence-electron chi connectivity index (χ3n) is 3.37. The molecule has 1 saturated carbocycles. The Kier molecular flexibility index (Phi) is 3.66. The van der Waals surface area contributed by atoms with Gasteiger partial charge in [-0.05, 0) is 30.4 Å². The number of benzene rings is 1. The van der Waals surface area contributed by atoms with Gasteiger partial charge in [0.15, 0.2) is 5.82 Å². The Balaban J connectivity index is 1.66. The minimum Gasteiger partial charge on any atom is -0.392 e. The molecule has 100 valence electrons. The second-order valence-electron chi connectivity index (χ2n) is 4.98. The molecule has 0 aliphatic heterocycles. The van der Waals surface area contributed by atoms with Crippen molar-refractivity contribution in [3.8, 4) is 0 Å². The fraction of sp³-hybridized carbons (Fsp3) is 0.429. The normalized spacial score (nSPS) is 16.5. The summed E-state index contributed by atoms with van der Waals surface area (Å²) in [6, 6.07) is 7.98. The van der Waals surface area contributed by atoms with E-state index in [1.807, 2.05) is 24.3 Å². The van der Waals surface area contributed by atoms with Gasteiger partial charge in [0.1, 0.15) is 0 Å². The fourth-order valence-electron chi connectivity index (χ4n) is 2.08. The first-order valence-corrected chi connectivity index (χ1v) is 7.24. The van der Waals surface area contributed by atoms with Crippen molar-refractivity contribution in [1.82, 2.24) is 10.1 Å². The van der Waals surface area contributed by atoms with E-state index >= 15 is 0 Å². The van der Waals surface area contributed by atoms with Crippen molar-refractivity contribution >= 4 is 15.9 Å². The van der Waals surface area contributed by atoms with Gasteiger partial charge < -0.3 is 9.63 Å². The van der Waals surface area contributed by atoms with Crippen molar-refractivity contribution in [3.05, 3.63) is 46.0 Å². The van der Waals surface area contributed by atoms with Crippen LogP contribution in [0.15, 0.2) is 33.3 Å². The van der Waals surface area contributed by atoms with Crippen LogP contribution < -0.4 is 0 Å². The molecule has 19 heavy (non-hydrogen) atoms. The quantitative estimate of drug-likeness (QED) is 0.919. The van der Waals surface area contributed by atoms with Gasteiger partial charge in [-0.15, -0.1) is 0 Å². The summed E-state index contributed by atoms with van der Waals surface area (Å²) in [7, 11) is 0. The van der Waals surface area contributed by atoms with Crippen LogP contribution in [-0.2, 0) is 12.8 Å². The van der Waals surface area contributed by atoms with Gasteiger partial charge in [0.2, 0.25) is 5.89 Å². The van der Waals surface area contributed by atoms with Gasteiger partial charge in [-0.1, -0.05) is 39.3 Å². The SMILES string of the molecule is OC(Cc1nc(Cc2ccccc2Br)no1)C1CC1. The maximum Gasteiger partial charge on any atom is 0.229 e. The summed E-state index contributed by atoms with van der Waals surface area (Å²) in [5.41, 5.74) is 1.12. The smallest absolute Gasteiger partial charge is 0.229 e. The van der Waals surface area contributed by atoms with E-state index in [0.717, 1.165) is 22.9 Å². The zero-order chi connectivity index (χ0) is 13.2. The Hall–Kier alpha value is -1.20. The lowest BCUT2D eigenvalue weighted by atomic mass is 10.1. The molecule has 1 atom stereocenters. The molecule has 1 fully saturated rings. The van der Waals surface area contributed by atoms with E-state index in [1.165, 1.54) is 0 Å². The van der Waals surface area contributed by atoms with E-state index in [4.69, 9.17) is 4.52 Å². The highest BCUT2D eigenvalue weighted by Crippen LogP contribution is 2.33. The zero-order valence-corrected chi connectivity index (χ0v) is 12.0. The molecule has 0 radical (unpaired) electrons. The Labute approximate surface area is 120 Å². The van der Waals surface area contributed by atoms with Crippen LogP contribution >= 0.6 is 15.9 Å². The van der Waals surface area contributed by atoms with Gasteiger partial charge in [0.05, 0.1) is 12.5 Å². The molecule has 1 aliphatic rings. The second kappa shape index (κ2) is 5.43. The number of nitrogens with zero attached hydrogens (tertiary/aromatic N) is 2. The standard InChI is InChI=1S/C14H15BrN2O2/c15-11-4-2-1-3-10(11)7-13-16-14(19-17-13)8-12(18)9-5-6-9/h1-4,9,12,18H,5-8H2. The molecule has 0 saturated heterocycles. The monoisotopic (exact) mass is 322 g/mol. The van der Waals surface area contributed by atoms with Crippen LogP contribution in [0.2, 0.25) is 0 Å². The summed E-state index contributed by atoms with van der Waals surface area (Å²) < 4.78 is 6.23. The van der Waals surface area contributed by atoms with Crippen molar-refractivity contribution in [3.63, 3.8) is 0 Å². The van der Waals surface area contributed by atoms with Crippen LogP contribution in [0.3, 0.4) is 0 Å². The topological polar surface area (TPSA) is 59.2 Å². The van der Waals surface area contributed by atoms with E-state index in [1.54, 1.807) is 0 Å². The first-order chi connectivity index (χ1) is 9.22. The number of rotatable bonds is 5. The number of aliphatic hydroxyl groups excluding tert-OH is 1. The zero-order valence-electron chi connectivity index (χ0n) is 10.4. The van der Waals surface area contributed by atoms with Crippen LogP contribution in [0.25, 0.3) is 0 Å². The highest BCUT2D eigenvalue weighted by molar-refractivity contribution is 9.10. The maximum atomic E-state index is 9.85. The van der Waals surface area contributed by atoms with Gasteiger partial charge in [-0.3, -0.25) is 0 Å². The van der Waals surface area contributed by atoms with Gasteiger partial charge >= 0.3 is 0 Å². The lowest BCUT2D eigenvalue weighted by Gasteiger charge is -2.03. The molecule has 1 aromatic heterocycles. The predicted molar refractivity (Wildman–Crippen MR) is 73.7 cm³/mol. The third kappa shape index (κ3) is 3.22. The molecule has 1 unspecified atom stereocenters. The molecule has 0 bridgehead atoms. The van der Waals surface area contributed by atoms with E-state index in [9.17, 15) is 5.11 Å². The van der Waals surface area contributed by atoms with Gasteiger partial charge in [-0.2, -0.15) is 4.98 Å². The maximum absolute atomic E-state index is 9.85. The Morgan fingerprint density at radius 2 is 2.16 bits per heavy atom. The summed E-state index contributed by atoms with van der Waals surface area (Å²) in [4.78, 5) is 4.34. The van der Waals surface area contributed by atoms with Crippen molar-refractivity contribution in [1.29, 1.82) is 0 Å². The van der Waals surface area contributed by atoms with E-state index in [0.29, 0.717) is 30.5 Å². The molecule has 5 heteroatoms. The molecule has 0 spiro atoms. The molecule has 1 aliphatic carbocycles. The van der Waals surface area contributed by atoms with Crippen molar-refractivity contribution in [2.45, 2.75) is 31.8 Å². The van der Waals surface area contributed by atoms with Crippen LogP contribution in [0, 0.1) is 5.92 Å². The molecular formula is C14H15BrN2O2. The number of aromatic nitrogens is 2. The van der Waals surface area contributed by atoms with Crippen molar-refractivity contribution < 1.29 is 9.63 Å². The highest BCUT2D eigenvalue weighted by Gasteiger charge is 2.31. The largest absolute Gasteiger partial charge is 0.392 e. The summed E-state index contributed by atoms with van der Waals surface area (Å²) in [5, 5.41) is 13.8. The number of hydrogen-bond donors (Lipinski definition) is 1. The number of hydrogen-bond acceptors (Lipinski definition) is 4. The van der Waals surface area contributed by atoms with E-state index in [-0.39, 0.29) is 6.10 Å². The van der Waals surface area contributed by atoms with Crippen LogP contribution in [0.1, 0.15) is 30.1 Å². The Morgan fingerprint density at radius 1 is 1.37 bits per heavy atom. The molecule has 3 rings (SSSR count). The molecule has 1 aromatic carbocycles.